The molecule has 1 saturated heterocycles. The van der Waals surface area contributed by atoms with E-state index in [0.29, 0.717) is 18.5 Å². The summed E-state index contributed by atoms with van der Waals surface area (Å²) < 4.78 is 5.22. The van der Waals surface area contributed by atoms with Gasteiger partial charge >= 0.3 is 0 Å². The fourth-order valence-electron chi connectivity index (χ4n) is 5.60. The highest BCUT2D eigenvalue weighted by atomic mass is 16.8. The third kappa shape index (κ3) is 3.93. The number of nitrogens with zero attached hydrogens (tertiary/aromatic N) is 2. The van der Waals surface area contributed by atoms with Gasteiger partial charge in [0.1, 0.15) is 18.3 Å². The van der Waals surface area contributed by atoms with Crippen LogP contribution in [0.1, 0.15) is 28.4 Å². The highest BCUT2D eigenvalue weighted by Gasteiger charge is 2.48. The van der Waals surface area contributed by atoms with Gasteiger partial charge in [-0.25, -0.2) is 5.21 Å². The van der Waals surface area contributed by atoms with Gasteiger partial charge in [-0.15, -0.1) is 0 Å². The number of para-hydroxylation sites is 1. The van der Waals surface area contributed by atoms with Gasteiger partial charge in [-0.3, -0.25) is 9.59 Å². The Morgan fingerprint density at radius 3 is 2.62 bits per heavy atom. The second kappa shape index (κ2) is 9.04. The molecule has 0 radical (unpaired) electrons. The number of piperazine rings is 1. The molecule has 6 rings (SSSR count). The normalized spacial score (nSPS) is 20.1. The van der Waals surface area contributed by atoms with Crippen LogP contribution in [0.3, 0.4) is 0 Å². The number of nitrogens with one attached hydrogen (secondary N) is 2. The van der Waals surface area contributed by atoms with E-state index in [-0.39, 0.29) is 24.0 Å². The average Bonchev–Trinajstić information content (AvgIpc) is 3.29. The smallest absolute Gasteiger partial charge is 0.246 e. The lowest BCUT2D eigenvalue weighted by atomic mass is 9.86. The van der Waals surface area contributed by atoms with Crippen molar-refractivity contribution < 1.29 is 24.8 Å². The van der Waals surface area contributed by atoms with Gasteiger partial charge in [-0.2, -0.15) is 5.23 Å². The van der Waals surface area contributed by atoms with Crippen LogP contribution in [0.4, 0.5) is 5.69 Å². The van der Waals surface area contributed by atoms with Crippen LogP contribution in [-0.4, -0.2) is 51.5 Å². The van der Waals surface area contributed by atoms with Crippen LogP contribution < -0.4 is 9.96 Å². The van der Waals surface area contributed by atoms with Gasteiger partial charge in [0, 0.05) is 41.7 Å². The van der Waals surface area contributed by atoms with Crippen molar-refractivity contribution in [2.45, 2.75) is 25.0 Å². The molecule has 0 saturated carbocycles. The summed E-state index contributed by atoms with van der Waals surface area (Å²) in [4.78, 5) is 34.3. The average molecular weight is 499 g/mol. The van der Waals surface area contributed by atoms with Crippen molar-refractivity contribution >= 4 is 28.4 Å². The number of methoxy groups -OCH3 is 1. The van der Waals surface area contributed by atoms with Crippen LogP contribution >= 0.6 is 0 Å². The van der Waals surface area contributed by atoms with Crippen LogP contribution in [0, 0.1) is 5.21 Å². The predicted molar refractivity (Wildman–Crippen MR) is 135 cm³/mol. The van der Waals surface area contributed by atoms with Gasteiger partial charge in [0.25, 0.3) is 0 Å². The van der Waals surface area contributed by atoms with Gasteiger partial charge < -0.3 is 24.7 Å². The molecule has 3 atom stereocenters. The molecule has 1 fully saturated rings. The molecular formula is C28H26N4O5. The fourth-order valence-corrected chi connectivity index (χ4v) is 5.60. The van der Waals surface area contributed by atoms with E-state index in [9.17, 15) is 20.0 Å². The first-order valence-corrected chi connectivity index (χ1v) is 12.1. The number of fused-ring (bicyclic) bond motifs is 4. The van der Waals surface area contributed by atoms with Crippen molar-refractivity contribution in [2.24, 2.45) is 0 Å². The monoisotopic (exact) mass is 498 g/mol. The third-order valence-electron chi connectivity index (χ3n) is 7.32. The number of carbonyl (C=O) groups is 2. The molecule has 2 aliphatic rings. The van der Waals surface area contributed by atoms with Gasteiger partial charge in [0.15, 0.2) is 5.69 Å². The van der Waals surface area contributed by atoms with E-state index in [2.05, 4.69) is 4.98 Å². The number of H-pyrrole nitrogens is 1. The van der Waals surface area contributed by atoms with Crippen molar-refractivity contribution in [2.75, 3.05) is 13.7 Å². The molecule has 37 heavy (non-hydrogen) atoms. The number of ether oxygens (including phenoxy) is 1. The summed E-state index contributed by atoms with van der Waals surface area (Å²) in [6.07, 6.45) is 0.387. The summed E-state index contributed by atoms with van der Waals surface area (Å²) in [6.45, 7) is 0.269. The number of carbonyl (C=O) groups excluding carboxylic acids is 2. The number of amides is 2. The Morgan fingerprint density at radius 1 is 1.08 bits per heavy atom. The Balaban J connectivity index is 1.43. The van der Waals surface area contributed by atoms with Crippen LogP contribution in [0.2, 0.25) is 0 Å². The molecule has 9 nitrogen and oxygen atoms in total. The summed E-state index contributed by atoms with van der Waals surface area (Å²) >= 11 is 0. The predicted octanol–water partition coefficient (Wildman–Crippen LogP) is 2.46. The first kappa shape index (κ1) is 23.2. The highest BCUT2D eigenvalue weighted by molar-refractivity contribution is 5.97. The number of aromatic nitrogens is 1. The molecule has 188 valence electrons. The number of hydrogen-bond donors (Lipinski definition) is 3. The van der Waals surface area contributed by atoms with Gasteiger partial charge in [-0.05, 0) is 34.9 Å². The maximum atomic E-state index is 13.9. The molecule has 2 amide bonds. The van der Waals surface area contributed by atoms with Crippen LogP contribution in [-0.2, 0) is 22.6 Å². The zero-order valence-corrected chi connectivity index (χ0v) is 20.2. The highest BCUT2D eigenvalue weighted by Crippen LogP contribution is 2.43. The molecule has 1 aromatic heterocycles. The minimum Gasteiger partial charge on any atom is -0.595 e. The minimum absolute atomic E-state index is 0.0496. The van der Waals surface area contributed by atoms with E-state index in [4.69, 9.17) is 4.74 Å². The van der Waals surface area contributed by atoms with E-state index in [0.717, 1.165) is 33.5 Å². The second-order valence-electron chi connectivity index (χ2n) is 9.46. The first-order valence-electron chi connectivity index (χ1n) is 12.1. The number of hydrogen-bond acceptors (Lipinski definition) is 5. The van der Waals surface area contributed by atoms with Crippen molar-refractivity contribution in [1.29, 1.82) is 0 Å². The van der Waals surface area contributed by atoms with E-state index in [1.807, 2.05) is 54.6 Å². The maximum absolute atomic E-state index is 13.9. The molecule has 4 aromatic rings. The molecule has 9 heteroatoms. The largest absolute Gasteiger partial charge is 0.595 e. The summed E-state index contributed by atoms with van der Waals surface area (Å²) in [5.74, 6) is 0.431. The lowest BCUT2D eigenvalue weighted by molar-refractivity contribution is -0.991. The van der Waals surface area contributed by atoms with Crippen molar-refractivity contribution in [1.82, 2.24) is 14.8 Å². The Morgan fingerprint density at radius 2 is 1.86 bits per heavy atom. The van der Waals surface area contributed by atoms with E-state index in [1.54, 1.807) is 29.0 Å². The molecule has 3 aromatic carbocycles. The van der Waals surface area contributed by atoms with Crippen LogP contribution in [0.5, 0.6) is 5.75 Å². The molecule has 3 N–H and O–H groups in total. The van der Waals surface area contributed by atoms with Gasteiger partial charge in [0.2, 0.25) is 11.8 Å². The van der Waals surface area contributed by atoms with Crippen LogP contribution in [0.15, 0.2) is 72.8 Å². The SMILES string of the molecule is COc1ccc(CN2CC(=O)N3C(Cc4c([nH]c5ccccc45)C3c3cccc([NH+]([O-])O)c3)C2=O)cc1. The topological polar surface area (TPSA) is 113 Å². The van der Waals surface area contributed by atoms with Gasteiger partial charge in [-0.1, -0.05) is 42.5 Å². The standard InChI is InChI=1S/C28H26N4O5/c1-37-20-11-9-17(10-12-20)15-30-16-25(33)31-24(28(30)34)14-22-21-7-2-3-8-23(21)29-26(22)27(31)18-5-4-6-19(13-18)32(35)36/h2-13,24,27,29,32,35H,14-16H2,1H3. The number of rotatable bonds is 5. The quantitative estimate of drug-likeness (QED) is 0.366. The molecule has 2 aliphatic heterocycles. The Kier molecular flexibility index (Phi) is 5.68. The summed E-state index contributed by atoms with van der Waals surface area (Å²) in [5, 5.41) is 21.3. The Labute approximate surface area is 213 Å². The van der Waals surface area contributed by atoms with Crippen molar-refractivity contribution in [3.8, 4) is 5.75 Å². The molecular weight excluding hydrogens is 472 g/mol. The van der Waals surface area contributed by atoms with Gasteiger partial charge in [0.05, 0.1) is 13.2 Å². The molecule has 3 heterocycles. The zero-order valence-electron chi connectivity index (χ0n) is 20.2. The minimum atomic E-state index is -1.04. The van der Waals surface area contributed by atoms with Crippen LogP contribution in [0.25, 0.3) is 10.9 Å². The molecule has 0 spiro atoms. The summed E-state index contributed by atoms with van der Waals surface area (Å²) in [5.41, 5.74) is 4.42. The Bertz CT molecular complexity index is 1500. The summed E-state index contributed by atoms with van der Waals surface area (Å²) in [7, 11) is 1.60. The van der Waals surface area contributed by atoms with Crippen molar-refractivity contribution in [3.63, 3.8) is 0 Å². The maximum Gasteiger partial charge on any atom is 0.246 e. The van der Waals surface area contributed by atoms with Crippen molar-refractivity contribution in [3.05, 3.63) is 100 Å². The third-order valence-corrected chi connectivity index (χ3v) is 7.32. The molecule has 0 bridgehead atoms. The Hall–Kier alpha value is -4.18. The van der Waals surface area contributed by atoms with E-state index < -0.39 is 17.3 Å². The molecule has 0 aliphatic carbocycles. The second-order valence-corrected chi connectivity index (χ2v) is 9.46. The van der Waals surface area contributed by atoms with E-state index in [1.165, 1.54) is 6.07 Å². The fraction of sp³-hybridized carbons (Fsp3) is 0.214. The first-order chi connectivity index (χ1) is 17.9. The zero-order chi connectivity index (χ0) is 25.7. The van der Waals surface area contributed by atoms with E-state index >= 15 is 0 Å². The summed E-state index contributed by atoms with van der Waals surface area (Å²) in [6, 6.07) is 20.6. The molecule has 3 unspecified atom stereocenters. The number of aromatic amines is 1. The lowest BCUT2D eigenvalue weighted by Gasteiger charge is -2.47. The number of quaternary nitrogens is 1. The lowest BCUT2D eigenvalue weighted by Crippen LogP contribution is -2.99. The number of benzene rings is 3.